The van der Waals surface area contributed by atoms with Crippen molar-refractivity contribution >= 4 is 11.9 Å². The fourth-order valence-corrected chi connectivity index (χ4v) is 3.87. The summed E-state index contributed by atoms with van der Waals surface area (Å²) in [5.74, 6) is -2.14. The third-order valence-corrected chi connectivity index (χ3v) is 4.81. The van der Waals surface area contributed by atoms with Crippen LogP contribution in [0.2, 0.25) is 0 Å². The molecule has 1 amide bonds. The lowest BCUT2D eigenvalue weighted by atomic mass is 9.78. The van der Waals surface area contributed by atoms with Gasteiger partial charge in [0.15, 0.2) is 0 Å². The zero-order chi connectivity index (χ0) is 13.4. The van der Waals surface area contributed by atoms with E-state index in [4.69, 9.17) is 4.74 Å². The molecule has 1 saturated carbocycles. The summed E-state index contributed by atoms with van der Waals surface area (Å²) in [4.78, 5) is 23.7. The second-order valence-corrected chi connectivity index (χ2v) is 6.02. The summed E-state index contributed by atoms with van der Waals surface area (Å²) in [6.07, 6.45) is 6.73. The van der Waals surface area contributed by atoms with Crippen LogP contribution in [0, 0.1) is 11.8 Å². The van der Waals surface area contributed by atoms with Gasteiger partial charge in [0.25, 0.3) is 0 Å². The van der Waals surface area contributed by atoms with Gasteiger partial charge < -0.3 is 15.2 Å². The molecule has 5 heteroatoms. The zero-order valence-corrected chi connectivity index (χ0v) is 11.0. The van der Waals surface area contributed by atoms with Gasteiger partial charge in [-0.05, 0) is 25.7 Å². The van der Waals surface area contributed by atoms with Crippen LogP contribution in [0.3, 0.4) is 0 Å². The molecule has 2 saturated heterocycles. The number of carbonyl (C=O) groups excluding carboxylic acids is 1. The Morgan fingerprint density at radius 3 is 2.21 bits per heavy atom. The third-order valence-electron chi connectivity index (χ3n) is 4.81. The van der Waals surface area contributed by atoms with Gasteiger partial charge in [0, 0.05) is 6.04 Å². The van der Waals surface area contributed by atoms with Crippen molar-refractivity contribution in [2.45, 2.75) is 63.2 Å². The number of amides is 1. The molecule has 0 aromatic rings. The molecular weight excluding hydrogens is 246 g/mol. The Bertz CT molecular complexity index is 378. The van der Waals surface area contributed by atoms with Crippen LogP contribution >= 0.6 is 0 Å². The van der Waals surface area contributed by atoms with E-state index in [9.17, 15) is 14.7 Å². The van der Waals surface area contributed by atoms with Crippen molar-refractivity contribution in [1.82, 2.24) is 5.32 Å². The molecule has 19 heavy (non-hydrogen) atoms. The fourth-order valence-electron chi connectivity index (χ4n) is 3.87. The zero-order valence-electron chi connectivity index (χ0n) is 11.0. The maximum atomic E-state index is 12.4. The number of carbonyl (C=O) groups is 2. The summed E-state index contributed by atoms with van der Waals surface area (Å²) < 4.78 is 5.63. The first-order valence-electron chi connectivity index (χ1n) is 7.35. The van der Waals surface area contributed by atoms with Crippen LogP contribution in [0.1, 0.15) is 44.9 Å². The number of fused-ring (bicyclic) bond motifs is 2. The predicted octanol–water partition coefficient (Wildman–Crippen LogP) is 1.31. The van der Waals surface area contributed by atoms with Gasteiger partial charge in [-0.3, -0.25) is 9.59 Å². The average Bonchev–Trinajstić information content (AvgIpc) is 2.99. The minimum Gasteiger partial charge on any atom is -0.481 e. The molecule has 2 aliphatic heterocycles. The van der Waals surface area contributed by atoms with Crippen LogP contribution in [0.5, 0.6) is 0 Å². The van der Waals surface area contributed by atoms with Crippen LogP contribution in [0.15, 0.2) is 0 Å². The lowest BCUT2D eigenvalue weighted by Crippen LogP contribution is -2.47. The minimum atomic E-state index is -0.893. The largest absolute Gasteiger partial charge is 0.481 e. The lowest BCUT2D eigenvalue weighted by Gasteiger charge is -2.28. The van der Waals surface area contributed by atoms with E-state index in [0.29, 0.717) is 0 Å². The maximum absolute atomic E-state index is 12.4. The molecule has 0 aromatic heterocycles. The van der Waals surface area contributed by atoms with Gasteiger partial charge in [-0.15, -0.1) is 0 Å². The van der Waals surface area contributed by atoms with Gasteiger partial charge >= 0.3 is 5.97 Å². The molecule has 2 heterocycles. The van der Waals surface area contributed by atoms with Gasteiger partial charge in [-0.1, -0.05) is 19.3 Å². The summed E-state index contributed by atoms with van der Waals surface area (Å²) in [7, 11) is 0. The Labute approximate surface area is 112 Å². The average molecular weight is 267 g/mol. The summed E-state index contributed by atoms with van der Waals surface area (Å²) in [5.41, 5.74) is 0. The Balaban J connectivity index is 1.66. The highest BCUT2D eigenvalue weighted by Crippen LogP contribution is 2.43. The molecular formula is C14H21NO4. The number of hydrogen-bond donors (Lipinski definition) is 2. The molecule has 5 nitrogen and oxygen atoms in total. The molecule has 106 valence electrons. The lowest BCUT2D eigenvalue weighted by molar-refractivity contribution is -0.148. The van der Waals surface area contributed by atoms with Crippen molar-refractivity contribution < 1.29 is 19.4 Å². The Morgan fingerprint density at radius 2 is 1.58 bits per heavy atom. The molecule has 2 bridgehead atoms. The van der Waals surface area contributed by atoms with Gasteiger partial charge in [0.1, 0.15) is 0 Å². The first kappa shape index (κ1) is 12.9. The molecule has 0 unspecified atom stereocenters. The Morgan fingerprint density at radius 1 is 0.947 bits per heavy atom. The first-order valence-corrected chi connectivity index (χ1v) is 7.35. The second-order valence-electron chi connectivity index (χ2n) is 6.02. The summed E-state index contributed by atoms with van der Waals surface area (Å²) in [6, 6.07) is 0.231. The van der Waals surface area contributed by atoms with Crippen LogP contribution in [0.4, 0.5) is 0 Å². The number of nitrogens with one attached hydrogen (secondary N) is 1. The number of rotatable bonds is 3. The quantitative estimate of drug-likeness (QED) is 0.808. The van der Waals surface area contributed by atoms with Gasteiger partial charge in [-0.2, -0.15) is 0 Å². The molecule has 0 radical (unpaired) electrons. The van der Waals surface area contributed by atoms with E-state index in [-0.39, 0.29) is 24.2 Å². The third kappa shape index (κ3) is 2.36. The number of ether oxygens (including phenoxy) is 1. The number of carboxylic acid groups (broad SMARTS) is 1. The smallest absolute Gasteiger partial charge is 0.310 e. The number of hydrogen-bond acceptors (Lipinski definition) is 3. The first-order chi connectivity index (χ1) is 9.16. The highest BCUT2D eigenvalue weighted by atomic mass is 16.5. The highest BCUT2D eigenvalue weighted by molar-refractivity contribution is 5.86. The van der Waals surface area contributed by atoms with Crippen LogP contribution < -0.4 is 5.32 Å². The molecule has 0 spiro atoms. The molecule has 3 rings (SSSR count). The predicted molar refractivity (Wildman–Crippen MR) is 67.5 cm³/mol. The summed E-state index contributed by atoms with van der Waals surface area (Å²) in [5, 5.41) is 12.3. The normalized spacial score (nSPS) is 38.3. The van der Waals surface area contributed by atoms with Crippen molar-refractivity contribution in [3.05, 3.63) is 0 Å². The maximum Gasteiger partial charge on any atom is 0.310 e. The van der Waals surface area contributed by atoms with E-state index in [2.05, 4.69) is 5.32 Å². The van der Waals surface area contributed by atoms with Crippen LogP contribution in [0.25, 0.3) is 0 Å². The molecule has 0 aromatic carbocycles. The van der Waals surface area contributed by atoms with E-state index in [0.717, 1.165) is 38.5 Å². The van der Waals surface area contributed by atoms with E-state index >= 15 is 0 Å². The van der Waals surface area contributed by atoms with Crippen molar-refractivity contribution in [3.8, 4) is 0 Å². The van der Waals surface area contributed by atoms with Crippen molar-refractivity contribution in [3.63, 3.8) is 0 Å². The topological polar surface area (TPSA) is 75.6 Å². The number of aliphatic carboxylic acids is 1. The standard InChI is InChI=1S/C14H21NO4/c16-13(15-8-4-2-1-3-5-8)11-9-6-7-10(19-9)12(11)14(17)18/h8-12H,1-7H2,(H,15,16)(H,17,18)/t9-,10+,11+,12-/m1/s1. The molecule has 1 aliphatic carbocycles. The molecule has 3 aliphatic rings. The molecule has 3 fully saturated rings. The second kappa shape index (κ2) is 5.12. The highest BCUT2D eigenvalue weighted by Gasteiger charge is 2.55. The van der Waals surface area contributed by atoms with Crippen molar-refractivity contribution in [2.24, 2.45) is 11.8 Å². The van der Waals surface area contributed by atoms with Gasteiger partial charge in [0.05, 0.1) is 24.0 Å². The van der Waals surface area contributed by atoms with Crippen molar-refractivity contribution in [2.75, 3.05) is 0 Å². The Hall–Kier alpha value is -1.10. The van der Waals surface area contributed by atoms with Crippen LogP contribution in [-0.2, 0) is 14.3 Å². The van der Waals surface area contributed by atoms with Gasteiger partial charge in [-0.25, -0.2) is 0 Å². The van der Waals surface area contributed by atoms with E-state index < -0.39 is 17.8 Å². The fraction of sp³-hybridized carbons (Fsp3) is 0.857. The Kier molecular flexibility index (Phi) is 3.48. The molecule has 4 atom stereocenters. The summed E-state index contributed by atoms with van der Waals surface area (Å²) >= 11 is 0. The minimum absolute atomic E-state index is 0.105. The van der Waals surface area contributed by atoms with E-state index in [1.807, 2.05) is 0 Å². The van der Waals surface area contributed by atoms with Gasteiger partial charge in [0.2, 0.25) is 5.91 Å². The van der Waals surface area contributed by atoms with E-state index in [1.165, 1.54) is 6.42 Å². The van der Waals surface area contributed by atoms with E-state index in [1.54, 1.807) is 0 Å². The summed E-state index contributed by atoms with van der Waals surface area (Å²) in [6.45, 7) is 0. The van der Waals surface area contributed by atoms with Crippen LogP contribution in [-0.4, -0.2) is 35.2 Å². The SMILES string of the molecule is O=C(NC1CCCCC1)[C@@H]1[C@H](C(=O)O)[C@@H]2CC[C@H]1O2. The monoisotopic (exact) mass is 267 g/mol. The molecule has 2 N–H and O–H groups in total. The van der Waals surface area contributed by atoms with Crippen molar-refractivity contribution in [1.29, 1.82) is 0 Å². The number of carboxylic acids is 1.